The quantitative estimate of drug-likeness (QED) is 0.931. The van der Waals surface area contributed by atoms with Crippen LogP contribution in [0.25, 0.3) is 0 Å². The summed E-state index contributed by atoms with van der Waals surface area (Å²) in [6, 6.07) is 15.7. The molecule has 0 aliphatic carbocycles. The van der Waals surface area contributed by atoms with E-state index in [1.165, 1.54) is 0 Å². The molecule has 4 heteroatoms. The summed E-state index contributed by atoms with van der Waals surface area (Å²) in [7, 11) is 0. The summed E-state index contributed by atoms with van der Waals surface area (Å²) in [6.45, 7) is 3.46. The van der Waals surface area contributed by atoms with Gasteiger partial charge in [0.15, 0.2) is 17.6 Å². The Morgan fingerprint density at radius 2 is 1.86 bits per heavy atom. The lowest BCUT2D eigenvalue weighted by atomic mass is 10.0. The van der Waals surface area contributed by atoms with Crippen LogP contribution in [-0.4, -0.2) is 19.3 Å². The minimum atomic E-state index is -0.0685. The van der Waals surface area contributed by atoms with Crippen LogP contribution in [0.5, 0.6) is 11.5 Å². The van der Waals surface area contributed by atoms with Crippen molar-refractivity contribution in [3.8, 4) is 11.5 Å². The van der Waals surface area contributed by atoms with E-state index in [-0.39, 0.29) is 12.1 Å². The third kappa shape index (κ3) is 3.14. The molecule has 2 aromatic carbocycles. The molecule has 0 aromatic heterocycles. The molecular weight excluding hydrogens is 286 g/mol. The number of hydrogen-bond acceptors (Lipinski definition) is 3. The zero-order chi connectivity index (χ0) is 14.7. The van der Waals surface area contributed by atoms with Crippen LogP contribution < -0.4 is 14.8 Å². The molecule has 1 aliphatic rings. The first-order valence-corrected chi connectivity index (χ1v) is 7.53. The Bertz CT molecular complexity index is 600. The molecule has 110 valence electrons. The molecule has 2 unspecified atom stereocenters. The first-order valence-electron chi connectivity index (χ1n) is 7.15. The molecule has 3 nitrogen and oxygen atoms in total. The Kier molecular flexibility index (Phi) is 4.32. The maximum atomic E-state index is 6.11. The summed E-state index contributed by atoms with van der Waals surface area (Å²) in [5.74, 6) is 1.60. The molecule has 0 saturated heterocycles. The number of ether oxygens (including phenoxy) is 2. The molecular formula is C17H18ClNO2. The zero-order valence-electron chi connectivity index (χ0n) is 11.9. The first-order chi connectivity index (χ1) is 10.3. The van der Waals surface area contributed by atoms with Gasteiger partial charge >= 0.3 is 0 Å². The van der Waals surface area contributed by atoms with Crippen LogP contribution in [0.3, 0.4) is 0 Å². The molecule has 0 amide bonds. The van der Waals surface area contributed by atoms with E-state index in [1.54, 1.807) is 0 Å². The van der Waals surface area contributed by atoms with Crippen LogP contribution in [0, 0.1) is 0 Å². The predicted octanol–water partition coefficient (Wildman–Crippen LogP) is 3.83. The standard InChI is InChI=1S/C17H18ClNO2/c1-2-19-17(12-7-9-13(18)10-8-12)16-11-20-14-5-3-4-6-15(14)21-16/h3-10,16-17,19H,2,11H2,1H3. The van der Waals surface area contributed by atoms with Gasteiger partial charge in [0.05, 0.1) is 6.04 Å². The van der Waals surface area contributed by atoms with E-state index in [1.807, 2.05) is 48.5 Å². The monoisotopic (exact) mass is 303 g/mol. The van der Waals surface area contributed by atoms with E-state index < -0.39 is 0 Å². The summed E-state index contributed by atoms with van der Waals surface area (Å²) in [6.07, 6.45) is -0.0685. The molecule has 0 fully saturated rings. The molecule has 2 aromatic rings. The molecule has 1 heterocycles. The number of halogens is 1. The Balaban J connectivity index is 1.83. The van der Waals surface area contributed by atoms with Gasteiger partial charge < -0.3 is 14.8 Å². The highest BCUT2D eigenvalue weighted by molar-refractivity contribution is 6.30. The predicted molar refractivity (Wildman–Crippen MR) is 84.2 cm³/mol. The average molecular weight is 304 g/mol. The Hall–Kier alpha value is -1.71. The third-order valence-electron chi connectivity index (χ3n) is 3.56. The highest BCUT2D eigenvalue weighted by Gasteiger charge is 2.29. The van der Waals surface area contributed by atoms with Crippen molar-refractivity contribution in [3.63, 3.8) is 0 Å². The van der Waals surface area contributed by atoms with Gasteiger partial charge in [-0.05, 0) is 36.4 Å². The Morgan fingerprint density at radius 1 is 1.14 bits per heavy atom. The normalized spacial score (nSPS) is 18.3. The van der Waals surface area contributed by atoms with E-state index >= 15 is 0 Å². The van der Waals surface area contributed by atoms with E-state index in [0.717, 1.165) is 28.6 Å². The van der Waals surface area contributed by atoms with Crippen molar-refractivity contribution >= 4 is 11.6 Å². The molecule has 1 N–H and O–H groups in total. The zero-order valence-corrected chi connectivity index (χ0v) is 12.6. The fourth-order valence-corrected chi connectivity index (χ4v) is 2.68. The number of nitrogens with one attached hydrogen (secondary N) is 1. The van der Waals surface area contributed by atoms with Gasteiger partial charge in [-0.25, -0.2) is 0 Å². The molecule has 3 rings (SSSR count). The number of para-hydroxylation sites is 2. The van der Waals surface area contributed by atoms with E-state index in [2.05, 4.69) is 12.2 Å². The van der Waals surface area contributed by atoms with Gasteiger partial charge in [0.1, 0.15) is 6.61 Å². The van der Waals surface area contributed by atoms with Gasteiger partial charge in [0.25, 0.3) is 0 Å². The number of fused-ring (bicyclic) bond motifs is 1. The van der Waals surface area contributed by atoms with Gasteiger partial charge in [-0.2, -0.15) is 0 Å². The van der Waals surface area contributed by atoms with Crippen LogP contribution in [0.4, 0.5) is 0 Å². The lowest BCUT2D eigenvalue weighted by Crippen LogP contribution is -2.41. The number of likely N-dealkylation sites (N-methyl/N-ethyl adjacent to an activating group) is 1. The average Bonchev–Trinajstić information content (AvgIpc) is 2.53. The highest BCUT2D eigenvalue weighted by atomic mass is 35.5. The van der Waals surface area contributed by atoms with Crippen molar-refractivity contribution in [2.24, 2.45) is 0 Å². The highest BCUT2D eigenvalue weighted by Crippen LogP contribution is 2.34. The van der Waals surface area contributed by atoms with Crippen molar-refractivity contribution in [1.82, 2.24) is 5.32 Å². The maximum absolute atomic E-state index is 6.11. The fraction of sp³-hybridized carbons (Fsp3) is 0.294. The van der Waals surface area contributed by atoms with Crippen molar-refractivity contribution in [2.75, 3.05) is 13.2 Å². The van der Waals surface area contributed by atoms with Crippen molar-refractivity contribution in [3.05, 3.63) is 59.1 Å². The van der Waals surface area contributed by atoms with Crippen LogP contribution >= 0.6 is 11.6 Å². The van der Waals surface area contributed by atoms with Gasteiger partial charge in [-0.1, -0.05) is 42.8 Å². The molecule has 1 aliphatic heterocycles. The minimum Gasteiger partial charge on any atom is -0.486 e. The molecule has 21 heavy (non-hydrogen) atoms. The Labute approximate surface area is 129 Å². The maximum Gasteiger partial charge on any atom is 0.161 e. The van der Waals surface area contributed by atoms with Crippen molar-refractivity contribution in [2.45, 2.75) is 19.1 Å². The molecule has 0 radical (unpaired) electrons. The van der Waals surface area contributed by atoms with Crippen LogP contribution in [0.2, 0.25) is 5.02 Å². The number of benzene rings is 2. The van der Waals surface area contributed by atoms with E-state index in [0.29, 0.717) is 6.61 Å². The molecule has 2 atom stereocenters. The van der Waals surface area contributed by atoms with Crippen LogP contribution in [0.1, 0.15) is 18.5 Å². The lowest BCUT2D eigenvalue weighted by Gasteiger charge is -2.33. The largest absolute Gasteiger partial charge is 0.486 e. The van der Waals surface area contributed by atoms with Crippen molar-refractivity contribution in [1.29, 1.82) is 0 Å². The second-order valence-corrected chi connectivity index (χ2v) is 5.44. The minimum absolute atomic E-state index is 0.0685. The molecule has 0 spiro atoms. The number of hydrogen-bond donors (Lipinski definition) is 1. The number of rotatable bonds is 4. The second kappa shape index (κ2) is 6.37. The smallest absolute Gasteiger partial charge is 0.161 e. The van der Waals surface area contributed by atoms with Crippen LogP contribution in [-0.2, 0) is 0 Å². The van der Waals surface area contributed by atoms with Crippen LogP contribution in [0.15, 0.2) is 48.5 Å². The van der Waals surface area contributed by atoms with Gasteiger partial charge in [-0.3, -0.25) is 0 Å². The summed E-state index contributed by atoms with van der Waals surface area (Å²) in [5, 5.41) is 4.21. The first kappa shape index (κ1) is 14.2. The van der Waals surface area contributed by atoms with E-state index in [4.69, 9.17) is 21.1 Å². The summed E-state index contributed by atoms with van der Waals surface area (Å²) in [4.78, 5) is 0. The Morgan fingerprint density at radius 3 is 2.57 bits per heavy atom. The van der Waals surface area contributed by atoms with Gasteiger partial charge in [0, 0.05) is 5.02 Å². The second-order valence-electron chi connectivity index (χ2n) is 5.00. The molecule has 0 bridgehead atoms. The molecule has 0 saturated carbocycles. The SMILES string of the molecule is CCNC(c1ccc(Cl)cc1)C1COc2ccccc2O1. The third-order valence-corrected chi connectivity index (χ3v) is 3.81. The van der Waals surface area contributed by atoms with Crippen molar-refractivity contribution < 1.29 is 9.47 Å². The van der Waals surface area contributed by atoms with E-state index in [9.17, 15) is 0 Å². The van der Waals surface area contributed by atoms with Gasteiger partial charge in [0.2, 0.25) is 0 Å². The summed E-state index contributed by atoms with van der Waals surface area (Å²) < 4.78 is 11.9. The summed E-state index contributed by atoms with van der Waals surface area (Å²) in [5.41, 5.74) is 1.15. The topological polar surface area (TPSA) is 30.5 Å². The van der Waals surface area contributed by atoms with Gasteiger partial charge in [-0.15, -0.1) is 0 Å². The fourth-order valence-electron chi connectivity index (χ4n) is 2.55. The summed E-state index contributed by atoms with van der Waals surface area (Å²) >= 11 is 5.97. The lowest BCUT2D eigenvalue weighted by molar-refractivity contribution is 0.0621.